The molecule has 1 fully saturated rings. The van der Waals surface area contributed by atoms with E-state index in [-0.39, 0.29) is 11.4 Å². The molecule has 1 saturated carbocycles. The summed E-state index contributed by atoms with van der Waals surface area (Å²) in [7, 11) is 1.78. The van der Waals surface area contributed by atoms with Gasteiger partial charge in [-0.25, -0.2) is 4.39 Å². The topological polar surface area (TPSA) is 21.3 Å². The molecular formula is C13H18FNO. The highest BCUT2D eigenvalue weighted by molar-refractivity contribution is 5.15. The Balaban J connectivity index is 1.77. The van der Waals surface area contributed by atoms with E-state index in [0.29, 0.717) is 0 Å². The molecule has 0 amide bonds. The fraction of sp³-hybridized carbons (Fsp3) is 0.538. The third-order valence-corrected chi connectivity index (χ3v) is 3.39. The predicted octanol–water partition coefficient (Wildman–Crippen LogP) is 2.48. The van der Waals surface area contributed by atoms with E-state index in [1.165, 1.54) is 18.6 Å². The monoisotopic (exact) mass is 223 g/mol. The second-order valence-corrected chi connectivity index (χ2v) is 4.47. The van der Waals surface area contributed by atoms with Crippen LogP contribution in [0.1, 0.15) is 24.8 Å². The van der Waals surface area contributed by atoms with Gasteiger partial charge >= 0.3 is 0 Å². The Morgan fingerprint density at radius 2 is 2.00 bits per heavy atom. The first kappa shape index (κ1) is 11.6. The Labute approximate surface area is 95.8 Å². The van der Waals surface area contributed by atoms with Gasteiger partial charge in [-0.3, -0.25) is 0 Å². The third-order valence-electron chi connectivity index (χ3n) is 3.39. The van der Waals surface area contributed by atoms with E-state index < -0.39 is 0 Å². The van der Waals surface area contributed by atoms with Crippen LogP contribution in [0.15, 0.2) is 24.3 Å². The van der Waals surface area contributed by atoms with E-state index in [9.17, 15) is 4.39 Å². The molecule has 0 bridgehead atoms. The molecule has 3 heteroatoms. The molecule has 0 heterocycles. The summed E-state index contributed by atoms with van der Waals surface area (Å²) in [6, 6.07) is 6.60. The number of hydrogen-bond donors (Lipinski definition) is 1. The Morgan fingerprint density at radius 1 is 1.31 bits per heavy atom. The van der Waals surface area contributed by atoms with Crippen molar-refractivity contribution < 1.29 is 9.13 Å². The first-order valence-electron chi connectivity index (χ1n) is 5.74. The third kappa shape index (κ3) is 2.60. The van der Waals surface area contributed by atoms with Crippen LogP contribution >= 0.6 is 0 Å². The Bertz CT molecular complexity index is 327. The van der Waals surface area contributed by atoms with Gasteiger partial charge < -0.3 is 10.1 Å². The number of rotatable bonds is 5. The van der Waals surface area contributed by atoms with E-state index >= 15 is 0 Å². The summed E-state index contributed by atoms with van der Waals surface area (Å²) in [6.45, 7) is 1.65. The van der Waals surface area contributed by atoms with Crippen molar-refractivity contribution >= 4 is 0 Å². The van der Waals surface area contributed by atoms with Crippen LogP contribution in [0, 0.1) is 5.82 Å². The fourth-order valence-corrected chi connectivity index (χ4v) is 2.06. The summed E-state index contributed by atoms with van der Waals surface area (Å²) in [6.07, 6.45) is 3.53. The molecule has 16 heavy (non-hydrogen) atoms. The fourth-order valence-electron chi connectivity index (χ4n) is 2.06. The van der Waals surface area contributed by atoms with Crippen molar-refractivity contribution in [3.05, 3.63) is 35.6 Å². The van der Waals surface area contributed by atoms with Crippen LogP contribution in [0.5, 0.6) is 0 Å². The van der Waals surface area contributed by atoms with Crippen molar-refractivity contribution in [2.75, 3.05) is 13.7 Å². The number of ether oxygens (including phenoxy) is 1. The molecule has 1 aromatic carbocycles. The molecule has 2 rings (SSSR count). The van der Waals surface area contributed by atoms with Gasteiger partial charge in [0, 0.05) is 20.2 Å². The summed E-state index contributed by atoms with van der Waals surface area (Å²) in [5, 5.41) is 3.37. The van der Waals surface area contributed by atoms with E-state index in [1.54, 1.807) is 7.11 Å². The molecule has 0 atom stereocenters. The summed E-state index contributed by atoms with van der Waals surface area (Å²) in [5.74, 6) is -0.184. The zero-order valence-electron chi connectivity index (χ0n) is 9.63. The number of methoxy groups -OCH3 is 1. The maximum Gasteiger partial charge on any atom is 0.123 e. The summed E-state index contributed by atoms with van der Waals surface area (Å²) >= 11 is 0. The SMILES string of the molecule is COC1(CNCc2ccc(F)cc2)CCC1. The summed E-state index contributed by atoms with van der Waals surface area (Å²) < 4.78 is 18.2. The van der Waals surface area contributed by atoms with E-state index in [1.807, 2.05) is 12.1 Å². The lowest BCUT2D eigenvalue weighted by Gasteiger charge is -2.40. The van der Waals surface area contributed by atoms with Crippen LogP contribution in [0.2, 0.25) is 0 Å². The van der Waals surface area contributed by atoms with Crippen LogP contribution in [0.25, 0.3) is 0 Å². The van der Waals surface area contributed by atoms with E-state index in [2.05, 4.69) is 5.32 Å². The number of nitrogens with one attached hydrogen (secondary N) is 1. The predicted molar refractivity (Wildman–Crippen MR) is 61.7 cm³/mol. The molecule has 0 spiro atoms. The van der Waals surface area contributed by atoms with Crippen LogP contribution in [0.3, 0.4) is 0 Å². The largest absolute Gasteiger partial charge is 0.377 e. The Morgan fingerprint density at radius 3 is 2.50 bits per heavy atom. The average molecular weight is 223 g/mol. The lowest BCUT2D eigenvalue weighted by molar-refractivity contribution is -0.0695. The zero-order valence-corrected chi connectivity index (χ0v) is 9.63. The van der Waals surface area contributed by atoms with Gasteiger partial charge in [-0.2, -0.15) is 0 Å². The second kappa shape index (κ2) is 4.93. The maximum absolute atomic E-state index is 12.7. The highest BCUT2D eigenvalue weighted by Crippen LogP contribution is 2.34. The molecule has 1 aliphatic carbocycles. The standard InChI is InChI=1S/C13H18FNO/c1-16-13(7-2-8-13)10-15-9-11-3-5-12(14)6-4-11/h3-6,15H,2,7-10H2,1H3. The van der Waals surface area contributed by atoms with Gasteiger partial charge in [0.15, 0.2) is 0 Å². The minimum atomic E-state index is -0.184. The molecule has 2 nitrogen and oxygen atoms in total. The van der Waals surface area contributed by atoms with Crippen molar-refractivity contribution in [3.8, 4) is 0 Å². The molecule has 0 saturated heterocycles. The molecule has 1 N–H and O–H groups in total. The molecule has 0 aromatic heterocycles. The normalized spacial score (nSPS) is 18.1. The molecule has 88 valence electrons. The molecule has 1 aromatic rings. The van der Waals surface area contributed by atoms with Crippen molar-refractivity contribution in [1.82, 2.24) is 5.32 Å². The van der Waals surface area contributed by atoms with Gasteiger partial charge in [0.25, 0.3) is 0 Å². The summed E-state index contributed by atoms with van der Waals surface area (Å²) in [4.78, 5) is 0. The van der Waals surface area contributed by atoms with Gasteiger partial charge in [-0.1, -0.05) is 12.1 Å². The van der Waals surface area contributed by atoms with E-state index in [4.69, 9.17) is 4.74 Å². The maximum atomic E-state index is 12.7. The van der Waals surface area contributed by atoms with Crippen molar-refractivity contribution in [2.45, 2.75) is 31.4 Å². The average Bonchev–Trinajstić information content (AvgIpc) is 2.25. The van der Waals surface area contributed by atoms with Crippen LogP contribution in [-0.2, 0) is 11.3 Å². The first-order valence-corrected chi connectivity index (χ1v) is 5.74. The molecule has 0 unspecified atom stereocenters. The minimum Gasteiger partial charge on any atom is -0.377 e. The Hall–Kier alpha value is -0.930. The number of benzene rings is 1. The highest BCUT2D eigenvalue weighted by atomic mass is 19.1. The number of hydrogen-bond acceptors (Lipinski definition) is 2. The van der Waals surface area contributed by atoms with Gasteiger partial charge in [0.2, 0.25) is 0 Å². The zero-order chi connectivity index (χ0) is 11.4. The minimum absolute atomic E-state index is 0.0556. The lowest BCUT2D eigenvalue weighted by atomic mass is 9.80. The second-order valence-electron chi connectivity index (χ2n) is 4.47. The van der Waals surface area contributed by atoms with Gasteiger partial charge in [-0.05, 0) is 37.0 Å². The van der Waals surface area contributed by atoms with E-state index in [0.717, 1.165) is 31.5 Å². The van der Waals surface area contributed by atoms with Crippen molar-refractivity contribution in [1.29, 1.82) is 0 Å². The van der Waals surface area contributed by atoms with Crippen molar-refractivity contribution in [2.24, 2.45) is 0 Å². The smallest absolute Gasteiger partial charge is 0.123 e. The Kier molecular flexibility index (Phi) is 3.56. The molecular weight excluding hydrogens is 205 g/mol. The highest BCUT2D eigenvalue weighted by Gasteiger charge is 2.36. The first-order chi connectivity index (χ1) is 7.74. The number of halogens is 1. The van der Waals surface area contributed by atoms with Gasteiger partial charge in [0.1, 0.15) is 5.82 Å². The van der Waals surface area contributed by atoms with Crippen molar-refractivity contribution in [3.63, 3.8) is 0 Å². The molecule has 0 aliphatic heterocycles. The summed E-state index contributed by atoms with van der Waals surface area (Å²) in [5.41, 5.74) is 1.16. The van der Waals surface area contributed by atoms with Crippen LogP contribution in [-0.4, -0.2) is 19.3 Å². The quantitative estimate of drug-likeness (QED) is 0.828. The molecule has 0 radical (unpaired) electrons. The molecule has 1 aliphatic rings. The lowest BCUT2D eigenvalue weighted by Crippen LogP contribution is -2.47. The van der Waals surface area contributed by atoms with Crippen LogP contribution in [0.4, 0.5) is 4.39 Å². The van der Waals surface area contributed by atoms with Gasteiger partial charge in [0.05, 0.1) is 5.60 Å². The van der Waals surface area contributed by atoms with Crippen LogP contribution < -0.4 is 5.32 Å². The van der Waals surface area contributed by atoms with Gasteiger partial charge in [-0.15, -0.1) is 0 Å².